The van der Waals surface area contributed by atoms with Crippen LogP contribution < -0.4 is 0 Å². The highest BCUT2D eigenvalue weighted by Crippen LogP contribution is 2.14. The zero-order valence-electron chi connectivity index (χ0n) is 13.8. The van der Waals surface area contributed by atoms with Crippen molar-refractivity contribution in [3.8, 4) is 0 Å². The molecule has 0 saturated heterocycles. The molecule has 0 unspecified atom stereocenters. The van der Waals surface area contributed by atoms with Crippen molar-refractivity contribution in [1.82, 2.24) is 0 Å². The van der Waals surface area contributed by atoms with Gasteiger partial charge >= 0.3 is 0 Å². The van der Waals surface area contributed by atoms with Crippen LogP contribution in [0.25, 0.3) is 0 Å². The number of carbonyl (C=O) groups excluding carboxylic acids is 1. The number of aldehydes is 1. The first-order chi connectivity index (χ1) is 10.3. The molecule has 0 aromatic carbocycles. The van der Waals surface area contributed by atoms with Crippen LogP contribution in [0.4, 0.5) is 0 Å². The molecule has 122 valence electrons. The molecule has 0 amide bonds. The van der Waals surface area contributed by atoms with E-state index in [0.717, 1.165) is 44.1 Å². The second kappa shape index (κ2) is 17.1. The Morgan fingerprint density at radius 2 is 1.38 bits per heavy atom. The molecule has 0 aliphatic heterocycles. The first kappa shape index (κ1) is 20.0. The lowest BCUT2D eigenvalue weighted by molar-refractivity contribution is -0.107. The lowest BCUT2D eigenvalue weighted by atomic mass is 10.1. The van der Waals surface area contributed by atoms with E-state index in [-0.39, 0.29) is 0 Å². The topological polar surface area (TPSA) is 46.5 Å². The molecule has 0 bridgehead atoms. The molecule has 3 heteroatoms. The van der Waals surface area contributed by atoms with Gasteiger partial charge in [0.25, 0.3) is 0 Å². The molecule has 0 fully saturated rings. The fourth-order valence-electron chi connectivity index (χ4n) is 2.44. The Balaban J connectivity index is 3.41. The van der Waals surface area contributed by atoms with Gasteiger partial charge in [-0.1, -0.05) is 64.4 Å². The van der Waals surface area contributed by atoms with Crippen molar-refractivity contribution < 1.29 is 4.79 Å². The first-order valence-corrected chi connectivity index (χ1v) is 8.81. The van der Waals surface area contributed by atoms with Crippen molar-refractivity contribution in [2.24, 2.45) is 5.18 Å². The highest BCUT2D eigenvalue weighted by Gasteiger charge is 1.97. The minimum atomic E-state index is 0.713. The molecule has 0 aliphatic rings. The predicted octanol–water partition coefficient (Wildman–Crippen LogP) is 6.32. The van der Waals surface area contributed by atoms with E-state index in [0.29, 0.717) is 6.42 Å². The third kappa shape index (κ3) is 15.2. The minimum absolute atomic E-state index is 0.713. The lowest BCUT2D eigenvalue weighted by Crippen LogP contribution is -1.84. The van der Waals surface area contributed by atoms with Crippen molar-refractivity contribution in [3.05, 3.63) is 16.7 Å². The Morgan fingerprint density at radius 1 is 0.810 bits per heavy atom. The molecular formula is C18H33NO2. The van der Waals surface area contributed by atoms with Gasteiger partial charge in [-0.15, -0.1) is 4.91 Å². The summed E-state index contributed by atoms with van der Waals surface area (Å²) in [5, 5.41) is 3.14. The van der Waals surface area contributed by atoms with Crippen LogP contribution in [0.15, 0.2) is 16.9 Å². The smallest absolute Gasteiger partial charge is 0.119 e. The zero-order chi connectivity index (χ0) is 15.6. The van der Waals surface area contributed by atoms with Crippen molar-refractivity contribution in [3.63, 3.8) is 0 Å². The van der Waals surface area contributed by atoms with Crippen molar-refractivity contribution in [2.45, 2.75) is 96.8 Å². The molecule has 0 N–H and O–H groups in total. The molecule has 0 rings (SSSR count). The van der Waals surface area contributed by atoms with E-state index < -0.39 is 0 Å². The van der Waals surface area contributed by atoms with E-state index in [1.165, 1.54) is 51.4 Å². The van der Waals surface area contributed by atoms with Gasteiger partial charge in [0, 0.05) is 6.42 Å². The van der Waals surface area contributed by atoms with Gasteiger partial charge in [-0.2, -0.15) is 0 Å². The number of nitroso groups, excluding NO2 is 1. The number of hydrogen-bond acceptors (Lipinski definition) is 3. The standard InChI is InChI=1S/C18H33NO2/c1-2-3-4-12-15-18(19-21)16-13-10-8-6-5-7-9-11-14-17-20/h16-17H,2-15H2,1H3. The van der Waals surface area contributed by atoms with Gasteiger partial charge in [-0.05, 0) is 37.3 Å². The number of allylic oxidation sites excluding steroid dienone is 2. The summed E-state index contributed by atoms with van der Waals surface area (Å²) in [7, 11) is 0. The van der Waals surface area contributed by atoms with Crippen LogP contribution in [0.5, 0.6) is 0 Å². The first-order valence-electron chi connectivity index (χ1n) is 8.81. The van der Waals surface area contributed by atoms with Gasteiger partial charge in [-0.25, -0.2) is 0 Å². The second-order valence-electron chi connectivity index (χ2n) is 5.82. The fourth-order valence-corrected chi connectivity index (χ4v) is 2.44. The Labute approximate surface area is 130 Å². The van der Waals surface area contributed by atoms with Gasteiger partial charge in [0.1, 0.15) is 6.29 Å². The van der Waals surface area contributed by atoms with E-state index >= 15 is 0 Å². The maximum absolute atomic E-state index is 10.7. The van der Waals surface area contributed by atoms with Gasteiger partial charge in [-0.3, -0.25) is 0 Å². The average molecular weight is 295 g/mol. The molecule has 0 aromatic rings. The van der Waals surface area contributed by atoms with Gasteiger partial charge in [0.05, 0.1) is 5.70 Å². The lowest BCUT2D eigenvalue weighted by Gasteiger charge is -2.01. The number of nitrogens with zero attached hydrogens (tertiary/aromatic N) is 1. The van der Waals surface area contributed by atoms with E-state index in [4.69, 9.17) is 0 Å². The molecule has 0 atom stereocenters. The van der Waals surface area contributed by atoms with Crippen molar-refractivity contribution >= 4 is 6.29 Å². The zero-order valence-corrected chi connectivity index (χ0v) is 13.8. The minimum Gasteiger partial charge on any atom is -0.303 e. The Bertz CT molecular complexity index is 274. The third-order valence-electron chi connectivity index (χ3n) is 3.81. The van der Waals surface area contributed by atoms with Gasteiger partial charge in [0.2, 0.25) is 0 Å². The van der Waals surface area contributed by atoms with Crippen LogP contribution in [-0.4, -0.2) is 6.29 Å². The highest BCUT2D eigenvalue weighted by molar-refractivity contribution is 5.48. The second-order valence-corrected chi connectivity index (χ2v) is 5.82. The molecule has 0 aliphatic carbocycles. The number of unbranched alkanes of at least 4 members (excludes halogenated alkanes) is 11. The molecular weight excluding hydrogens is 262 g/mol. The van der Waals surface area contributed by atoms with E-state index in [9.17, 15) is 9.70 Å². The largest absolute Gasteiger partial charge is 0.303 e. The maximum Gasteiger partial charge on any atom is 0.119 e. The van der Waals surface area contributed by atoms with Crippen LogP contribution >= 0.6 is 0 Å². The maximum atomic E-state index is 10.7. The van der Waals surface area contributed by atoms with Crippen LogP contribution in [0.1, 0.15) is 96.8 Å². The van der Waals surface area contributed by atoms with E-state index in [1.54, 1.807) is 0 Å². The summed E-state index contributed by atoms with van der Waals surface area (Å²) in [6.07, 6.45) is 18.7. The SMILES string of the molecule is CCCCCCC(=CCCCCCCCCCC=O)N=O. The molecule has 21 heavy (non-hydrogen) atoms. The van der Waals surface area contributed by atoms with Crippen molar-refractivity contribution in [2.75, 3.05) is 0 Å². The highest BCUT2D eigenvalue weighted by atomic mass is 16.3. The van der Waals surface area contributed by atoms with Crippen LogP contribution in [0, 0.1) is 4.91 Å². The summed E-state index contributed by atoms with van der Waals surface area (Å²) in [5.41, 5.74) is 0.750. The predicted molar refractivity (Wildman–Crippen MR) is 90.3 cm³/mol. The quantitative estimate of drug-likeness (QED) is 0.190. The molecule has 0 spiro atoms. The Kier molecular flexibility index (Phi) is 16.3. The summed E-state index contributed by atoms with van der Waals surface area (Å²) < 4.78 is 0. The summed E-state index contributed by atoms with van der Waals surface area (Å²) >= 11 is 0. The molecule has 0 aromatic heterocycles. The molecule has 0 heterocycles. The summed E-state index contributed by atoms with van der Waals surface area (Å²) in [5.74, 6) is 0. The third-order valence-corrected chi connectivity index (χ3v) is 3.81. The van der Waals surface area contributed by atoms with Crippen LogP contribution in [0.3, 0.4) is 0 Å². The van der Waals surface area contributed by atoms with Crippen molar-refractivity contribution in [1.29, 1.82) is 0 Å². The van der Waals surface area contributed by atoms with E-state index in [1.807, 2.05) is 6.08 Å². The molecule has 3 nitrogen and oxygen atoms in total. The van der Waals surface area contributed by atoms with Crippen LogP contribution in [-0.2, 0) is 4.79 Å². The van der Waals surface area contributed by atoms with Gasteiger partial charge in [0.15, 0.2) is 0 Å². The molecule has 0 radical (unpaired) electrons. The fraction of sp³-hybridized carbons (Fsp3) is 0.833. The monoisotopic (exact) mass is 295 g/mol. The number of rotatable bonds is 16. The number of carbonyl (C=O) groups is 1. The van der Waals surface area contributed by atoms with Gasteiger partial charge < -0.3 is 4.79 Å². The van der Waals surface area contributed by atoms with E-state index in [2.05, 4.69) is 12.1 Å². The Morgan fingerprint density at radius 3 is 1.95 bits per heavy atom. The van der Waals surface area contributed by atoms with Crippen LogP contribution in [0.2, 0.25) is 0 Å². The molecule has 0 saturated carbocycles. The normalized spacial score (nSPS) is 11.6. The summed E-state index contributed by atoms with van der Waals surface area (Å²) in [4.78, 5) is 20.9. The average Bonchev–Trinajstić information content (AvgIpc) is 2.51. The summed E-state index contributed by atoms with van der Waals surface area (Å²) in [6.45, 7) is 2.19. The summed E-state index contributed by atoms with van der Waals surface area (Å²) in [6, 6.07) is 0. The number of hydrogen-bond donors (Lipinski definition) is 0. The Hall–Kier alpha value is -0.990.